The molecule has 104 valence electrons. The number of amides is 1. The van der Waals surface area contributed by atoms with E-state index in [4.69, 9.17) is 0 Å². The monoisotopic (exact) mass is 289 g/mol. The van der Waals surface area contributed by atoms with Gasteiger partial charge >= 0.3 is 5.97 Å². The van der Waals surface area contributed by atoms with Crippen LogP contribution in [-0.4, -0.2) is 17.0 Å². The molecule has 2 rings (SSSR count). The molecule has 4 nitrogen and oxygen atoms in total. The van der Waals surface area contributed by atoms with Gasteiger partial charge in [0.25, 0.3) is 0 Å². The topological polar surface area (TPSA) is 66.4 Å². The van der Waals surface area contributed by atoms with Gasteiger partial charge in [-0.25, -0.2) is 4.79 Å². The fourth-order valence-corrected chi connectivity index (χ4v) is 2.57. The summed E-state index contributed by atoms with van der Waals surface area (Å²) in [7, 11) is 0. The number of carboxylic acids is 1. The molecular formula is C15H15NO3S. The van der Waals surface area contributed by atoms with Crippen molar-refractivity contribution >= 4 is 23.2 Å². The molecule has 1 aromatic carbocycles. The van der Waals surface area contributed by atoms with E-state index in [0.29, 0.717) is 12.0 Å². The van der Waals surface area contributed by atoms with Gasteiger partial charge in [0, 0.05) is 11.3 Å². The first-order valence-electron chi connectivity index (χ1n) is 6.26. The molecule has 5 heteroatoms. The fourth-order valence-electron chi connectivity index (χ4n) is 1.86. The van der Waals surface area contributed by atoms with Crippen molar-refractivity contribution in [3.05, 3.63) is 58.3 Å². The highest BCUT2D eigenvalue weighted by Gasteiger charge is 2.21. The number of hydrogen-bond acceptors (Lipinski definition) is 3. The number of benzene rings is 1. The second-order valence-electron chi connectivity index (χ2n) is 4.33. The molecule has 0 fully saturated rings. The smallest absolute Gasteiger partial charge is 0.330 e. The Morgan fingerprint density at radius 1 is 1.15 bits per heavy atom. The predicted molar refractivity (Wildman–Crippen MR) is 77.6 cm³/mol. The summed E-state index contributed by atoms with van der Waals surface area (Å²) >= 11 is 1.59. The van der Waals surface area contributed by atoms with E-state index < -0.39 is 12.0 Å². The quantitative estimate of drug-likeness (QED) is 0.859. The SMILES string of the molecule is O=C(CCc1cccs1)N[C@H](C(=O)O)c1ccccc1. The molecule has 0 saturated carbocycles. The van der Waals surface area contributed by atoms with Gasteiger partial charge in [-0.2, -0.15) is 0 Å². The Balaban J connectivity index is 1.95. The molecule has 0 aliphatic heterocycles. The summed E-state index contributed by atoms with van der Waals surface area (Å²) in [4.78, 5) is 24.2. The Bertz CT molecular complexity index is 566. The summed E-state index contributed by atoms with van der Waals surface area (Å²) in [6.07, 6.45) is 0.918. The zero-order valence-corrected chi connectivity index (χ0v) is 11.6. The van der Waals surface area contributed by atoms with Crippen LogP contribution >= 0.6 is 11.3 Å². The Labute approximate surface area is 121 Å². The van der Waals surface area contributed by atoms with E-state index in [1.807, 2.05) is 17.5 Å². The molecule has 1 atom stereocenters. The molecule has 2 N–H and O–H groups in total. The third kappa shape index (κ3) is 3.93. The number of carboxylic acid groups (broad SMARTS) is 1. The van der Waals surface area contributed by atoms with Crippen LogP contribution in [0.1, 0.15) is 22.9 Å². The highest BCUT2D eigenvalue weighted by molar-refractivity contribution is 7.09. The first-order valence-corrected chi connectivity index (χ1v) is 7.14. The predicted octanol–water partition coefficient (Wildman–Crippen LogP) is 2.62. The summed E-state index contributed by atoms with van der Waals surface area (Å²) in [6.45, 7) is 0. The fraction of sp³-hybridized carbons (Fsp3) is 0.200. The van der Waals surface area contributed by atoms with Crippen molar-refractivity contribution in [1.82, 2.24) is 5.32 Å². The second kappa shape index (κ2) is 6.86. The molecule has 1 aromatic heterocycles. The molecule has 0 bridgehead atoms. The van der Waals surface area contributed by atoms with E-state index in [-0.39, 0.29) is 12.3 Å². The van der Waals surface area contributed by atoms with Gasteiger partial charge in [0.15, 0.2) is 6.04 Å². The lowest BCUT2D eigenvalue weighted by Gasteiger charge is -2.14. The summed E-state index contributed by atoms with van der Waals surface area (Å²) in [5.74, 6) is -1.31. The number of aryl methyl sites for hydroxylation is 1. The molecule has 1 amide bonds. The Hall–Kier alpha value is -2.14. The van der Waals surface area contributed by atoms with Gasteiger partial charge in [-0.05, 0) is 23.4 Å². The number of thiophene rings is 1. The molecule has 0 aliphatic carbocycles. The number of aliphatic carboxylic acids is 1. The molecule has 0 saturated heterocycles. The minimum atomic E-state index is -1.05. The van der Waals surface area contributed by atoms with Gasteiger partial charge < -0.3 is 10.4 Å². The van der Waals surface area contributed by atoms with Gasteiger partial charge in [-0.15, -0.1) is 11.3 Å². The van der Waals surface area contributed by atoms with E-state index in [1.165, 1.54) is 0 Å². The molecule has 20 heavy (non-hydrogen) atoms. The van der Waals surface area contributed by atoms with Crippen LogP contribution in [-0.2, 0) is 16.0 Å². The van der Waals surface area contributed by atoms with Crippen molar-refractivity contribution in [2.24, 2.45) is 0 Å². The Morgan fingerprint density at radius 2 is 1.90 bits per heavy atom. The van der Waals surface area contributed by atoms with E-state index in [2.05, 4.69) is 5.32 Å². The zero-order valence-electron chi connectivity index (χ0n) is 10.8. The molecule has 0 aliphatic rings. The molecule has 0 radical (unpaired) electrons. The molecule has 1 heterocycles. The van der Waals surface area contributed by atoms with Crippen LogP contribution < -0.4 is 5.32 Å². The van der Waals surface area contributed by atoms with Crippen LogP contribution in [0.4, 0.5) is 0 Å². The van der Waals surface area contributed by atoms with Crippen LogP contribution in [0.25, 0.3) is 0 Å². The average Bonchev–Trinajstić information content (AvgIpc) is 2.96. The van der Waals surface area contributed by atoms with Gasteiger partial charge in [0.2, 0.25) is 5.91 Å². The first kappa shape index (κ1) is 14.3. The number of nitrogens with one attached hydrogen (secondary N) is 1. The number of hydrogen-bond donors (Lipinski definition) is 2. The maximum Gasteiger partial charge on any atom is 0.330 e. The van der Waals surface area contributed by atoms with Crippen LogP contribution in [0.5, 0.6) is 0 Å². The minimum absolute atomic E-state index is 0.255. The lowest BCUT2D eigenvalue weighted by atomic mass is 10.1. The lowest BCUT2D eigenvalue weighted by Crippen LogP contribution is -2.33. The Morgan fingerprint density at radius 3 is 2.50 bits per heavy atom. The third-order valence-corrected chi connectivity index (χ3v) is 3.80. The molecule has 2 aromatic rings. The second-order valence-corrected chi connectivity index (χ2v) is 5.36. The first-order chi connectivity index (χ1) is 9.66. The van der Waals surface area contributed by atoms with Crippen molar-refractivity contribution in [2.45, 2.75) is 18.9 Å². The van der Waals surface area contributed by atoms with Crippen molar-refractivity contribution in [1.29, 1.82) is 0 Å². The van der Waals surface area contributed by atoms with E-state index in [1.54, 1.807) is 41.7 Å². The van der Waals surface area contributed by atoms with Gasteiger partial charge in [0.05, 0.1) is 0 Å². The highest BCUT2D eigenvalue weighted by atomic mass is 32.1. The van der Waals surface area contributed by atoms with Crippen LogP contribution in [0, 0.1) is 0 Å². The largest absolute Gasteiger partial charge is 0.479 e. The number of carbonyl (C=O) groups is 2. The van der Waals surface area contributed by atoms with E-state index in [0.717, 1.165) is 4.88 Å². The van der Waals surface area contributed by atoms with Crippen LogP contribution in [0.2, 0.25) is 0 Å². The molecule has 0 spiro atoms. The third-order valence-electron chi connectivity index (χ3n) is 2.86. The van der Waals surface area contributed by atoms with Crippen LogP contribution in [0.3, 0.4) is 0 Å². The Kier molecular flexibility index (Phi) is 4.90. The minimum Gasteiger partial charge on any atom is -0.479 e. The average molecular weight is 289 g/mol. The maximum absolute atomic E-state index is 11.9. The number of rotatable bonds is 6. The van der Waals surface area contributed by atoms with E-state index >= 15 is 0 Å². The summed E-state index contributed by atoms with van der Waals surface area (Å²) < 4.78 is 0. The standard InChI is InChI=1S/C15H15NO3S/c17-13(9-8-12-7-4-10-20-12)16-14(15(18)19)11-5-2-1-3-6-11/h1-7,10,14H,8-9H2,(H,16,17)(H,18,19)/t14-/m0/s1. The number of carbonyl (C=O) groups excluding carboxylic acids is 1. The highest BCUT2D eigenvalue weighted by Crippen LogP contribution is 2.14. The summed E-state index contributed by atoms with van der Waals surface area (Å²) in [5.41, 5.74) is 0.574. The normalized spacial score (nSPS) is 11.8. The van der Waals surface area contributed by atoms with Gasteiger partial charge in [-0.1, -0.05) is 36.4 Å². The summed E-state index contributed by atoms with van der Waals surface area (Å²) in [6, 6.07) is 11.6. The van der Waals surface area contributed by atoms with Crippen molar-refractivity contribution in [2.75, 3.05) is 0 Å². The van der Waals surface area contributed by atoms with E-state index in [9.17, 15) is 14.7 Å². The maximum atomic E-state index is 11.9. The van der Waals surface area contributed by atoms with Crippen molar-refractivity contribution in [3.8, 4) is 0 Å². The summed E-state index contributed by atoms with van der Waals surface area (Å²) in [5, 5.41) is 13.7. The van der Waals surface area contributed by atoms with Gasteiger partial charge in [-0.3, -0.25) is 4.79 Å². The van der Waals surface area contributed by atoms with Crippen molar-refractivity contribution < 1.29 is 14.7 Å². The van der Waals surface area contributed by atoms with Crippen molar-refractivity contribution in [3.63, 3.8) is 0 Å². The van der Waals surface area contributed by atoms with Gasteiger partial charge in [0.1, 0.15) is 0 Å². The lowest BCUT2D eigenvalue weighted by molar-refractivity contribution is -0.142. The van der Waals surface area contributed by atoms with Crippen LogP contribution in [0.15, 0.2) is 47.8 Å². The zero-order chi connectivity index (χ0) is 14.4. The molecular weight excluding hydrogens is 274 g/mol. The molecule has 0 unspecified atom stereocenters.